The molecular formula is C19H19F3N4O3. The molecule has 0 radical (unpaired) electrons. The van der Waals surface area contributed by atoms with Gasteiger partial charge in [-0.25, -0.2) is 4.98 Å². The number of pyridine rings is 1. The van der Waals surface area contributed by atoms with E-state index in [1.165, 1.54) is 17.0 Å². The number of ether oxygens (including phenoxy) is 1. The van der Waals surface area contributed by atoms with Crippen molar-refractivity contribution < 1.29 is 27.8 Å². The number of anilines is 2. The van der Waals surface area contributed by atoms with Gasteiger partial charge < -0.3 is 20.1 Å². The molecule has 2 aromatic rings. The molecule has 0 spiro atoms. The maximum atomic E-state index is 12.4. The first-order valence-electron chi connectivity index (χ1n) is 9.11. The summed E-state index contributed by atoms with van der Waals surface area (Å²) in [7, 11) is 0. The Labute approximate surface area is 164 Å². The third-order valence-corrected chi connectivity index (χ3v) is 4.84. The second-order valence-corrected chi connectivity index (χ2v) is 7.02. The number of benzene rings is 1. The fraction of sp³-hybridized carbons (Fsp3) is 0.368. The highest BCUT2D eigenvalue weighted by Crippen LogP contribution is 2.42. The number of rotatable bonds is 6. The van der Waals surface area contributed by atoms with Crippen LogP contribution in [0, 0.1) is 5.92 Å². The highest BCUT2D eigenvalue weighted by atomic mass is 19.4. The molecule has 1 aromatic heterocycles. The molecule has 0 bridgehead atoms. The summed E-state index contributed by atoms with van der Waals surface area (Å²) in [5.74, 6) is 0.0987. The molecule has 3 N–H and O–H groups in total. The van der Waals surface area contributed by atoms with Crippen LogP contribution in [-0.4, -0.2) is 35.3 Å². The summed E-state index contributed by atoms with van der Waals surface area (Å²) in [5.41, 5.74) is 1.23. The largest absolute Gasteiger partial charge is 0.573 e. The maximum Gasteiger partial charge on any atom is 0.573 e. The quantitative estimate of drug-likeness (QED) is 0.638. The summed E-state index contributed by atoms with van der Waals surface area (Å²) < 4.78 is 41.0. The van der Waals surface area contributed by atoms with E-state index in [2.05, 4.69) is 20.4 Å². The Bertz CT molecular complexity index is 887. The fourth-order valence-corrected chi connectivity index (χ4v) is 3.41. The van der Waals surface area contributed by atoms with Crippen LogP contribution >= 0.6 is 0 Å². The molecule has 1 amide bonds. The average molecular weight is 408 g/mol. The first-order chi connectivity index (χ1) is 13.8. The summed E-state index contributed by atoms with van der Waals surface area (Å²) in [6.07, 6.45) is -2.53. The van der Waals surface area contributed by atoms with E-state index in [1.54, 1.807) is 30.5 Å². The molecule has 2 aliphatic rings. The normalized spacial score (nSPS) is 18.6. The molecule has 1 aliphatic heterocycles. The number of amides is 1. The van der Waals surface area contributed by atoms with Gasteiger partial charge in [-0.15, -0.1) is 13.2 Å². The topological polar surface area (TPSA) is 86.7 Å². The van der Waals surface area contributed by atoms with Gasteiger partial charge >= 0.3 is 6.36 Å². The third-order valence-electron chi connectivity index (χ3n) is 4.84. The fourth-order valence-electron chi connectivity index (χ4n) is 3.41. The van der Waals surface area contributed by atoms with E-state index in [9.17, 15) is 23.1 Å². The molecule has 2 unspecified atom stereocenters. The molecule has 4 rings (SSSR count). The van der Waals surface area contributed by atoms with Crippen molar-refractivity contribution in [1.29, 1.82) is 0 Å². The zero-order chi connectivity index (χ0) is 20.6. The van der Waals surface area contributed by atoms with E-state index >= 15 is 0 Å². The van der Waals surface area contributed by atoms with Gasteiger partial charge in [-0.1, -0.05) is 12.1 Å². The molecule has 29 heavy (non-hydrogen) atoms. The van der Waals surface area contributed by atoms with Gasteiger partial charge in [0.25, 0.3) is 0 Å². The van der Waals surface area contributed by atoms with E-state index in [4.69, 9.17) is 0 Å². The molecule has 10 heteroatoms. The van der Waals surface area contributed by atoms with Crippen LogP contribution in [0.5, 0.6) is 5.75 Å². The molecule has 154 valence electrons. The van der Waals surface area contributed by atoms with E-state index in [0.29, 0.717) is 11.5 Å². The van der Waals surface area contributed by atoms with Gasteiger partial charge in [0.05, 0.1) is 5.69 Å². The standard InChI is InChI=1S/C19H19F3N4O3/c20-19(21,22)29-13-7-5-12(6-8-13)16(11-3-4-11)25-18(28)26-10-15(27)24-14-2-1-9-23-17(14)26/h1-2,5-9,11,16,18,25,28H,3-4,10H2,(H,24,27). The number of aromatic nitrogens is 1. The van der Waals surface area contributed by atoms with Crippen LogP contribution in [-0.2, 0) is 4.79 Å². The number of carbonyl (C=O) groups is 1. The van der Waals surface area contributed by atoms with Crippen molar-refractivity contribution >= 4 is 17.4 Å². The third kappa shape index (κ3) is 4.60. The summed E-state index contributed by atoms with van der Waals surface area (Å²) >= 11 is 0. The van der Waals surface area contributed by atoms with Crippen LogP contribution < -0.4 is 20.3 Å². The number of carbonyl (C=O) groups excluding carboxylic acids is 1. The minimum absolute atomic E-state index is 0.0755. The van der Waals surface area contributed by atoms with Gasteiger partial charge in [0.1, 0.15) is 12.3 Å². The minimum atomic E-state index is -4.75. The number of hydrogen-bond donors (Lipinski definition) is 3. The van der Waals surface area contributed by atoms with Crippen LogP contribution in [0.2, 0.25) is 0 Å². The lowest BCUT2D eigenvalue weighted by molar-refractivity contribution is -0.274. The van der Waals surface area contributed by atoms with E-state index in [0.717, 1.165) is 18.4 Å². The summed E-state index contributed by atoms with van der Waals surface area (Å²) in [4.78, 5) is 17.6. The van der Waals surface area contributed by atoms with Gasteiger partial charge in [-0.2, -0.15) is 0 Å². The minimum Gasteiger partial charge on any atom is -0.406 e. The predicted molar refractivity (Wildman–Crippen MR) is 97.9 cm³/mol. The molecule has 1 saturated carbocycles. The van der Waals surface area contributed by atoms with Gasteiger partial charge in [0, 0.05) is 12.2 Å². The Balaban J connectivity index is 1.51. The molecule has 1 aromatic carbocycles. The Kier molecular flexibility index (Phi) is 5.05. The number of aliphatic hydroxyl groups excluding tert-OH is 1. The Morgan fingerprint density at radius 1 is 1.24 bits per heavy atom. The van der Waals surface area contributed by atoms with Crippen LogP contribution in [0.25, 0.3) is 0 Å². The molecule has 2 heterocycles. The Morgan fingerprint density at radius 3 is 2.62 bits per heavy atom. The number of halogens is 3. The zero-order valence-corrected chi connectivity index (χ0v) is 15.2. The SMILES string of the molecule is O=C1CN(C(O)NC(c2ccc(OC(F)(F)F)cc2)C2CC2)c2ncccc2N1. The smallest absolute Gasteiger partial charge is 0.406 e. The Morgan fingerprint density at radius 2 is 1.97 bits per heavy atom. The zero-order valence-electron chi connectivity index (χ0n) is 15.2. The number of nitrogens with one attached hydrogen (secondary N) is 2. The lowest BCUT2D eigenvalue weighted by atomic mass is 10.0. The van der Waals surface area contributed by atoms with Crippen molar-refractivity contribution in [3.63, 3.8) is 0 Å². The molecular weight excluding hydrogens is 389 g/mol. The lowest BCUT2D eigenvalue weighted by Gasteiger charge is -2.35. The number of hydrogen-bond acceptors (Lipinski definition) is 6. The Hall–Kier alpha value is -2.85. The number of fused-ring (bicyclic) bond motifs is 1. The number of nitrogens with zero attached hydrogens (tertiary/aromatic N) is 2. The lowest BCUT2D eigenvalue weighted by Crippen LogP contribution is -2.52. The van der Waals surface area contributed by atoms with E-state index in [-0.39, 0.29) is 30.2 Å². The molecule has 2 atom stereocenters. The number of alkyl halides is 3. The summed E-state index contributed by atoms with van der Waals surface area (Å²) in [5, 5.41) is 16.6. The second kappa shape index (κ2) is 7.53. The van der Waals surface area contributed by atoms with Crippen molar-refractivity contribution in [1.82, 2.24) is 10.3 Å². The van der Waals surface area contributed by atoms with Crippen molar-refractivity contribution in [2.75, 3.05) is 16.8 Å². The van der Waals surface area contributed by atoms with E-state index in [1.807, 2.05) is 0 Å². The van der Waals surface area contributed by atoms with Gasteiger partial charge in [-0.3, -0.25) is 10.1 Å². The highest BCUT2D eigenvalue weighted by molar-refractivity contribution is 6.00. The van der Waals surface area contributed by atoms with Crippen LogP contribution in [0.3, 0.4) is 0 Å². The molecule has 1 aliphatic carbocycles. The molecule has 7 nitrogen and oxygen atoms in total. The number of aliphatic hydroxyl groups is 1. The van der Waals surface area contributed by atoms with Crippen LogP contribution in [0.15, 0.2) is 42.6 Å². The van der Waals surface area contributed by atoms with E-state index < -0.39 is 12.7 Å². The van der Waals surface area contributed by atoms with Crippen LogP contribution in [0.1, 0.15) is 24.4 Å². The maximum absolute atomic E-state index is 12.4. The molecule has 1 fully saturated rings. The van der Waals surface area contributed by atoms with Gasteiger partial charge in [0.2, 0.25) is 5.91 Å². The highest BCUT2D eigenvalue weighted by Gasteiger charge is 2.36. The van der Waals surface area contributed by atoms with Crippen molar-refractivity contribution in [2.45, 2.75) is 31.6 Å². The van der Waals surface area contributed by atoms with Gasteiger partial charge in [-0.05, 0) is 48.6 Å². The summed E-state index contributed by atoms with van der Waals surface area (Å²) in [6, 6.07) is 8.66. The summed E-state index contributed by atoms with van der Waals surface area (Å²) in [6.45, 7) is -0.0755. The molecule has 0 saturated heterocycles. The first-order valence-corrected chi connectivity index (χ1v) is 9.11. The second-order valence-electron chi connectivity index (χ2n) is 7.02. The average Bonchev–Trinajstić information content (AvgIpc) is 3.50. The monoisotopic (exact) mass is 408 g/mol. The van der Waals surface area contributed by atoms with Crippen molar-refractivity contribution in [3.05, 3.63) is 48.2 Å². The van der Waals surface area contributed by atoms with Crippen molar-refractivity contribution in [3.8, 4) is 5.75 Å². The predicted octanol–water partition coefficient (Wildman–Crippen LogP) is 2.76. The first kappa shape index (κ1) is 19.5. The van der Waals surface area contributed by atoms with Crippen molar-refractivity contribution in [2.24, 2.45) is 5.92 Å². The van der Waals surface area contributed by atoms with Gasteiger partial charge in [0.15, 0.2) is 12.2 Å². The van der Waals surface area contributed by atoms with Crippen LogP contribution in [0.4, 0.5) is 24.7 Å².